The van der Waals surface area contributed by atoms with Crippen LogP contribution in [0.2, 0.25) is 0 Å². The molecule has 0 unspecified atom stereocenters. The molecule has 3 N–H and O–H groups in total. The topological polar surface area (TPSA) is 99.5 Å². The van der Waals surface area contributed by atoms with Gasteiger partial charge in [-0.15, -0.1) is 0 Å². The number of nitrogens with one attached hydrogen (secondary N) is 2. The van der Waals surface area contributed by atoms with Gasteiger partial charge in [-0.3, -0.25) is 9.59 Å². The monoisotopic (exact) mass is 579 g/mol. The van der Waals surface area contributed by atoms with Crippen LogP contribution in [0.3, 0.4) is 0 Å². The zero-order chi connectivity index (χ0) is 30.6. The lowest BCUT2D eigenvalue weighted by atomic mass is 9.93. The fourth-order valence-corrected chi connectivity index (χ4v) is 5.52. The van der Waals surface area contributed by atoms with Gasteiger partial charge < -0.3 is 25.2 Å². The zero-order valence-electron chi connectivity index (χ0n) is 25.5. The first-order valence-electron chi connectivity index (χ1n) is 15.1. The van der Waals surface area contributed by atoms with Gasteiger partial charge in [-0.2, -0.15) is 0 Å². The van der Waals surface area contributed by atoms with Gasteiger partial charge in [0, 0.05) is 54.5 Å². The SMILES string of the molecule is CCCCc1ccccc1C(=O)Nc1cccc(-c2cn(C)c(=O)c(Nc3ccc(N4CCC(C)(O)CC4)cc3)n2)c1C. The number of unbranched alkanes of at least 4 members (excludes halogenated alkanes) is 1. The van der Waals surface area contributed by atoms with Crippen LogP contribution < -0.4 is 21.1 Å². The van der Waals surface area contributed by atoms with Crippen molar-refractivity contribution in [3.8, 4) is 11.3 Å². The molecular weight excluding hydrogens is 538 g/mol. The fourth-order valence-electron chi connectivity index (χ4n) is 5.52. The van der Waals surface area contributed by atoms with E-state index in [9.17, 15) is 14.7 Å². The Morgan fingerprint density at radius 3 is 2.47 bits per heavy atom. The lowest BCUT2D eigenvalue weighted by Crippen LogP contribution is -2.42. The number of benzene rings is 3. The van der Waals surface area contributed by atoms with Crippen molar-refractivity contribution < 1.29 is 9.90 Å². The maximum Gasteiger partial charge on any atom is 0.293 e. The minimum Gasteiger partial charge on any atom is -0.390 e. The summed E-state index contributed by atoms with van der Waals surface area (Å²) in [6.07, 6.45) is 6.14. The van der Waals surface area contributed by atoms with Crippen molar-refractivity contribution in [2.24, 2.45) is 7.05 Å². The summed E-state index contributed by atoms with van der Waals surface area (Å²) in [5, 5.41) is 16.6. The number of carbonyl (C=O) groups is 1. The smallest absolute Gasteiger partial charge is 0.293 e. The van der Waals surface area contributed by atoms with E-state index in [4.69, 9.17) is 4.98 Å². The van der Waals surface area contributed by atoms with Crippen LogP contribution >= 0.6 is 0 Å². The van der Waals surface area contributed by atoms with Crippen molar-refractivity contribution in [1.29, 1.82) is 0 Å². The number of amides is 1. The van der Waals surface area contributed by atoms with E-state index in [-0.39, 0.29) is 17.3 Å². The maximum atomic E-state index is 13.3. The molecule has 5 rings (SSSR count). The molecule has 0 spiro atoms. The number of piperidine rings is 1. The van der Waals surface area contributed by atoms with Crippen LogP contribution in [-0.4, -0.2) is 39.3 Å². The minimum atomic E-state index is -0.599. The summed E-state index contributed by atoms with van der Waals surface area (Å²) < 4.78 is 1.52. The highest BCUT2D eigenvalue weighted by Crippen LogP contribution is 2.30. The Kier molecular flexibility index (Phi) is 8.97. The summed E-state index contributed by atoms with van der Waals surface area (Å²) in [7, 11) is 1.71. The molecule has 4 aromatic rings. The Morgan fingerprint density at radius 2 is 1.74 bits per heavy atom. The van der Waals surface area contributed by atoms with E-state index >= 15 is 0 Å². The lowest BCUT2D eigenvalue weighted by Gasteiger charge is -2.37. The summed E-state index contributed by atoms with van der Waals surface area (Å²) >= 11 is 0. The first-order valence-corrected chi connectivity index (χ1v) is 15.1. The standard InChI is InChI=1S/C35H41N5O3/c1-5-6-10-25-11-7-8-12-29(25)33(41)38-30-14-9-13-28(24(30)2)31-23-39(4)34(42)32(37-31)36-26-15-17-27(18-16-26)40-21-19-35(3,43)20-22-40/h7-9,11-18,23,43H,5-6,10,19-22H2,1-4H3,(H,36,37)(H,38,41). The molecule has 43 heavy (non-hydrogen) atoms. The highest BCUT2D eigenvalue weighted by molar-refractivity contribution is 6.06. The Morgan fingerprint density at radius 1 is 1.02 bits per heavy atom. The summed E-state index contributed by atoms with van der Waals surface area (Å²) in [5.41, 5.74) is 5.75. The van der Waals surface area contributed by atoms with E-state index in [0.29, 0.717) is 16.9 Å². The van der Waals surface area contributed by atoms with E-state index in [1.165, 1.54) is 4.57 Å². The molecule has 8 heteroatoms. The largest absolute Gasteiger partial charge is 0.390 e. The number of aromatic nitrogens is 2. The zero-order valence-corrected chi connectivity index (χ0v) is 25.5. The second-order valence-electron chi connectivity index (χ2n) is 11.7. The van der Waals surface area contributed by atoms with Crippen molar-refractivity contribution in [2.45, 2.75) is 58.5 Å². The number of aliphatic hydroxyl groups is 1. The predicted octanol–water partition coefficient (Wildman–Crippen LogP) is 6.45. The molecule has 1 aromatic heterocycles. The van der Waals surface area contributed by atoms with Gasteiger partial charge in [-0.05, 0) is 87.1 Å². The van der Waals surface area contributed by atoms with Crippen molar-refractivity contribution in [3.63, 3.8) is 0 Å². The van der Waals surface area contributed by atoms with Gasteiger partial charge in [0.1, 0.15) is 0 Å². The molecule has 224 valence electrons. The fraction of sp³-hybridized carbons (Fsp3) is 0.343. The van der Waals surface area contributed by atoms with Gasteiger partial charge >= 0.3 is 0 Å². The normalized spacial score (nSPS) is 14.4. The van der Waals surface area contributed by atoms with Crippen LogP contribution in [0.4, 0.5) is 22.9 Å². The molecule has 1 fully saturated rings. The van der Waals surface area contributed by atoms with E-state index in [1.54, 1.807) is 13.2 Å². The Bertz CT molecular complexity index is 1650. The van der Waals surface area contributed by atoms with Crippen molar-refractivity contribution in [3.05, 3.63) is 100.0 Å². The molecule has 0 bridgehead atoms. The highest BCUT2D eigenvalue weighted by Gasteiger charge is 2.27. The number of rotatable bonds is 9. The average Bonchev–Trinajstić information content (AvgIpc) is 3.00. The molecule has 0 atom stereocenters. The van der Waals surface area contributed by atoms with Crippen molar-refractivity contribution in [2.75, 3.05) is 28.6 Å². The van der Waals surface area contributed by atoms with Gasteiger partial charge in [0.05, 0.1) is 11.3 Å². The summed E-state index contributed by atoms with van der Waals surface area (Å²) in [4.78, 5) is 33.3. The molecule has 1 aliphatic rings. The maximum absolute atomic E-state index is 13.3. The van der Waals surface area contributed by atoms with Crippen molar-refractivity contribution >= 4 is 28.8 Å². The second kappa shape index (κ2) is 12.8. The molecular formula is C35H41N5O3. The van der Waals surface area contributed by atoms with Gasteiger partial charge in [0.15, 0.2) is 5.82 Å². The van der Waals surface area contributed by atoms with Crippen LogP contribution in [0, 0.1) is 6.92 Å². The van der Waals surface area contributed by atoms with Crippen LogP contribution in [0.5, 0.6) is 0 Å². The molecule has 2 heterocycles. The number of aryl methyl sites for hydroxylation is 2. The number of hydrogen-bond acceptors (Lipinski definition) is 6. The third-order valence-electron chi connectivity index (χ3n) is 8.33. The molecule has 1 amide bonds. The Labute approximate surface area is 253 Å². The number of anilines is 4. The summed E-state index contributed by atoms with van der Waals surface area (Å²) in [6, 6.07) is 21.4. The third-order valence-corrected chi connectivity index (χ3v) is 8.33. The van der Waals surface area contributed by atoms with Gasteiger partial charge in [-0.1, -0.05) is 43.7 Å². The molecule has 0 radical (unpaired) electrons. The second-order valence-corrected chi connectivity index (χ2v) is 11.7. The lowest BCUT2D eigenvalue weighted by molar-refractivity contribution is 0.0351. The quantitative estimate of drug-likeness (QED) is 0.211. The molecule has 8 nitrogen and oxygen atoms in total. The molecule has 0 aliphatic carbocycles. The van der Waals surface area contributed by atoms with Gasteiger partial charge in [0.25, 0.3) is 11.5 Å². The van der Waals surface area contributed by atoms with Crippen LogP contribution in [0.25, 0.3) is 11.3 Å². The van der Waals surface area contributed by atoms with Gasteiger partial charge in [0.2, 0.25) is 0 Å². The summed E-state index contributed by atoms with van der Waals surface area (Å²) in [6.45, 7) is 7.59. The van der Waals surface area contributed by atoms with E-state index in [1.807, 2.05) is 80.6 Å². The third kappa shape index (κ3) is 6.97. The Hall–Kier alpha value is -4.43. The van der Waals surface area contributed by atoms with E-state index in [0.717, 1.165) is 73.3 Å². The number of nitrogens with zero attached hydrogens (tertiary/aromatic N) is 3. The molecule has 0 saturated carbocycles. The first-order chi connectivity index (χ1) is 20.6. The Balaban J connectivity index is 1.36. The van der Waals surface area contributed by atoms with Crippen LogP contribution in [0.1, 0.15) is 61.0 Å². The van der Waals surface area contributed by atoms with E-state index < -0.39 is 5.60 Å². The van der Waals surface area contributed by atoms with Crippen LogP contribution in [0.15, 0.2) is 77.7 Å². The highest BCUT2D eigenvalue weighted by atomic mass is 16.3. The first kappa shape index (κ1) is 30.0. The molecule has 1 saturated heterocycles. The van der Waals surface area contributed by atoms with Gasteiger partial charge in [-0.25, -0.2) is 4.98 Å². The summed E-state index contributed by atoms with van der Waals surface area (Å²) in [5.74, 6) is 0.0848. The van der Waals surface area contributed by atoms with Crippen LogP contribution in [-0.2, 0) is 13.5 Å². The molecule has 3 aromatic carbocycles. The van der Waals surface area contributed by atoms with Crippen molar-refractivity contribution in [1.82, 2.24) is 9.55 Å². The number of carbonyl (C=O) groups excluding carboxylic acids is 1. The average molecular weight is 580 g/mol. The minimum absolute atomic E-state index is 0.138. The molecule has 1 aliphatic heterocycles. The number of hydrogen-bond donors (Lipinski definition) is 3. The predicted molar refractivity (Wildman–Crippen MR) is 174 cm³/mol. The van der Waals surface area contributed by atoms with E-state index in [2.05, 4.69) is 22.5 Å².